The van der Waals surface area contributed by atoms with Crippen LogP contribution in [0.5, 0.6) is 5.75 Å². The van der Waals surface area contributed by atoms with Crippen molar-refractivity contribution < 1.29 is 40.6 Å². The molecule has 2 fully saturated rings. The Balaban J connectivity index is 1.44. The predicted molar refractivity (Wildman–Crippen MR) is 157 cm³/mol. The first-order valence-electron chi connectivity index (χ1n) is 13.7. The zero-order valence-electron chi connectivity index (χ0n) is 23.5. The van der Waals surface area contributed by atoms with Gasteiger partial charge in [-0.05, 0) is 54.0 Å². The number of rotatable bonds is 10. The Hall–Kier alpha value is -3.54. The van der Waals surface area contributed by atoms with Gasteiger partial charge in [0, 0.05) is 38.2 Å². The van der Waals surface area contributed by atoms with Crippen LogP contribution >= 0.6 is 24.0 Å². The Labute approximate surface area is 262 Å². The number of aromatic amines is 1. The van der Waals surface area contributed by atoms with Crippen LogP contribution in [0.15, 0.2) is 41.3 Å². The van der Waals surface area contributed by atoms with Crippen LogP contribution in [0.4, 0.5) is 26.3 Å². The number of ether oxygens (including phenoxy) is 2. The summed E-state index contributed by atoms with van der Waals surface area (Å²) in [6.45, 7) is 3.36. The zero-order valence-corrected chi connectivity index (χ0v) is 25.1. The van der Waals surface area contributed by atoms with Crippen molar-refractivity contribution in [3.05, 3.63) is 63.8 Å². The number of amides is 1. The SMILES string of the molecule is O=C1C(=Cc2ccc(OCCN3CCOCC3)c(-c3cc(C(F)(F)F)cc(C(F)(F)F)c3)c2)SC(=S)N1CCCc1nn[nH]n1. The second kappa shape index (κ2) is 13.8. The maximum atomic E-state index is 13.7. The van der Waals surface area contributed by atoms with E-state index in [0.717, 1.165) is 11.8 Å². The van der Waals surface area contributed by atoms with E-state index in [9.17, 15) is 31.1 Å². The minimum absolute atomic E-state index is 0.0120. The van der Waals surface area contributed by atoms with E-state index < -0.39 is 23.5 Å². The second-order valence-corrected chi connectivity index (χ2v) is 11.8. The fourth-order valence-electron chi connectivity index (χ4n) is 4.74. The van der Waals surface area contributed by atoms with E-state index in [-0.39, 0.29) is 40.4 Å². The lowest BCUT2D eigenvalue weighted by Crippen LogP contribution is -2.38. The number of nitrogens with zero attached hydrogens (tertiary/aromatic N) is 5. The van der Waals surface area contributed by atoms with Crippen molar-refractivity contribution in [3.8, 4) is 16.9 Å². The molecule has 2 aliphatic rings. The molecular weight excluding hydrogens is 646 g/mol. The van der Waals surface area contributed by atoms with Crippen molar-refractivity contribution in [3.63, 3.8) is 0 Å². The first kappa shape index (κ1) is 32.8. The van der Waals surface area contributed by atoms with Crippen molar-refractivity contribution >= 4 is 40.3 Å². The second-order valence-electron chi connectivity index (χ2n) is 10.1. The molecule has 1 amide bonds. The van der Waals surface area contributed by atoms with E-state index in [1.165, 1.54) is 23.1 Å². The molecule has 3 heterocycles. The molecule has 2 aromatic carbocycles. The van der Waals surface area contributed by atoms with Gasteiger partial charge in [-0.2, -0.15) is 31.6 Å². The Morgan fingerprint density at radius 2 is 1.73 bits per heavy atom. The molecule has 0 bridgehead atoms. The van der Waals surface area contributed by atoms with Crippen LogP contribution in [0, 0.1) is 0 Å². The molecule has 9 nitrogen and oxygen atoms in total. The Bertz CT molecular complexity index is 1530. The topological polar surface area (TPSA) is 96.5 Å². The molecule has 0 spiro atoms. The maximum absolute atomic E-state index is 13.7. The summed E-state index contributed by atoms with van der Waals surface area (Å²) in [6, 6.07) is 5.85. The normalized spacial score (nSPS) is 17.5. The number of aromatic nitrogens is 4. The molecule has 2 saturated heterocycles. The zero-order chi connectivity index (χ0) is 32.2. The monoisotopic (exact) mass is 672 g/mol. The summed E-state index contributed by atoms with van der Waals surface area (Å²) in [5.74, 6) is 0.213. The van der Waals surface area contributed by atoms with E-state index in [1.807, 2.05) is 0 Å². The molecule has 2 aliphatic heterocycles. The Morgan fingerprint density at radius 1 is 1.02 bits per heavy atom. The summed E-state index contributed by atoms with van der Waals surface area (Å²) in [6.07, 6.45) is -7.58. The first-order chi connectivity index (χ1) is 21.4. The van der Waals surface area contributed by atoms with Gasteiger partial charge in [-0.25, -0.2) is 0 Å². The first-order valence-corrected chi connectivity index (χ1v) is 15.0. The fourth-order valence-corrected chi connectivity index (χ4v) is 6.05. The third-order valence-electron chi connectivity index (χ3n) is 7.01. The lowest BCUT2D eigenvalue weighted by atomic mass is 9.96. The van der Waals surface area contributed by atoms with E-state index in [2.05, 4.69) is 25.5 Å². The minimum Gasteiger partial charge on any atom is -0.492 e. The highest BCUT2D eigenvalue weighted by molar-refractivity contribution is 8.26. The van der Waals surface area contributed by atoms with Crippen LogP contribution in [0.2, 0.25) is 0 Å². The van der Waals surface area contributed by atoms with E-state index in [0.29, 0.717) is 80.1 Å². The minimum atomic E-state index is -5.03. The third-order valence-corrected chi connectivity index (χ3v) is 8.39. The molecule has 240 valence electrons. The number of H-pyrrole nitrogens is 1. The molecule has 5 rings (SSSR count). The Kier molecular flexibility index (Phi) is 10.1. The summed E-state index contributed by atoms with van der Waals surface area (Å²) in [7, 11) is 0. The van der Waals surface area contributed by atoms with Crippen LogP contribution in [0.25, 0.3) is 17.2 Å². The van der Waals surface area contributed by atoms with Crippen molar-refractivity contribution in [2.75, 3.05) is 46.0 Å². The number of thioether (sulfide) groups is 1. The average molecular weight is 673 g/mol. The van der Waals surface area contributed by atoms with Crippen molar-refractivity contribution in [2.24, 2.45) is 0 Å². The summed E-state index contributed by atoms with van der Waals surface area (Å²) >= 11 is 6.43. The summed E-state index contributed by atoms with van der Waals surface area (Å²) in [5.41, 5.74) is -2.85. The molecular formula is C28H26F6N6O3S2. The molecule has 0 radical (unpaired) electrons. The van der Waals surface area contributed by atoms with Gasteiger partial charge < -0.3 is 9.47 Å². The van der Waals surface area contributed by atoms with Crippen LogP contribution in [-0.4, -0.2) is 86.7 Å². The van der Waals surface area contributed by atoms with Gasteiger partial charge in [-0.1, -0.05) is 35.3 Å². The maximum Gasteiger partial charge on any atom is 0.416 e. The molecule has 0 unspecified atom stereocenters. The van der Waals surface area contributed by atoms with Gasteiger partial charge in [0.25, 0.3) is 5.91 Å². The highest BCUT2D eigenvalue weighted by Gasteiger charge is 2.37. The number of aryl methyl sites for hydroxylation is 1. The van der Waals surface area contributed by atoms with Gasteiger partial charge in [0.15, 0.2) is 5.82 Å². The number of thiocarbonyl (C=S) groups is 1. The van der Waals surface area contributed by atoms with Gasteiger partial charge >= 0.3 is 12.4 Å². The van der Waals surface area contributed by atoms with Gasteiger partial charge in [0.1, 0.15) is 16.7 Å². The molecule has 3 aromatic rings. The fraction of sp³-hybridized carbons (Fsp3) is 0.393. The number of nitrogens with one attached hydrogen (secondary N) is 1. The highest BCUT2D eigenvalue weighted by Crippen LogP contribution is 2.41. The number of carbonyl (C=O) groups excluding carboxylic acids is 1. The molecule has 0 saturated carbocycles. The van der Waals surface area contributed by atoms with Gasteiger partial charge in [-0.3, -0.25) is 14.6 Å². The number of alkyl halides is 6. The van der Waals surface area contributed by atoms with Crippen LogP contribution < -0.4 is 4.74 Å². The standard InChI is InChI=1S/C28H26F6N6O3S2/c29-27(30,31)19-14-18(15-20(16-19)28(32,33)34)21-12-17(3-4-22(21)43-11-8-39-6-9-42-10-7-39)13-23-25(41)40(26(44)45-23)5-1-2-24-35-37-38-36-24/h3-4,12-16H,1-2,5-11H2,(H,35,36,37,38). The highest BCUT2D eigenvalue weighted by atomic mass is 32.2. The summed E-state index contributed by atoms with van der Waals surface area (Å²) in [5, 5.41) is 13.6. The van der Waals surface area contributed by atoms with Crippen LogP contribution in [0.1, 0.15) is 28.9 Å². The molecule has 17 heteroatoms. The van der Waals surface area contributed by atoms with Crippen molar-refractivity contribution in [2.45, 2.75) is 25.2 Å². The smallest absolute Gasteiger partial charge is 0.416 e. The van der Waals surface area contributed by atoms with E-state index in [1.54, 1.807) is 6.07 Å². The quantitative estimate of drug-likeness (QED) is 0.171. The number of benzene rings is 2. The average Bonchev–Trinajstić information content (AvgIpc) is 3.61. The van der Waals surface area contributed by atoms with Gasteiger partial charge in [0.2, 0.25) is 0 Å². The largest absolute Gasteiger partial charge is 0.492 e. The third kappa shape index (κ3) is 8.39. The molecule has 45 heavy (non-hydrogen) atoms. The molecule has 1 N–H and O–H groups in total. The number of morpholine rings is 1. The summed E-state index contributed by atoms with van der Waals surface area (Å²) in [4.78, 5) is 16.9. The number of carbonyl (C=O) groups is 1. The van der Waals surface area contributed by atoms with E-state index >= 15 is 0 Å². The van der Waals surface area contributed by atoms with Crippen LogP contribution in [-0.2, 0) is 28.3 Å². The predicted octanol–water partition coefficient (Wildman–Crippen LogP) is 5.45. The molecule has 1 aromatic heterocycles. The number of halogens is 6. The van der Waals surface area contributed by atoms with Crippen molar-refractivity contribution in [1.29, 1.82) is 0 Å². The van der Waals surface area contributed by atoms with Gasteiger partial charge in [0.05, 0.1) is 29.2 Å². The van der Waals surface area contributed by atoms with Crippen molar-refractivity contribution in [1.82, 2.24) is 30.4 Å². The lowest BCUT2D eigenvalue weighted by molar-refractivity contribution is -0.143. The van der Waals surface area contributed by atoms with Crippen LogP contribution in [0.3, 0.4) is 0 Å². The number of hydrogen-bond donors (Lipinski definition) is 1. The lowest BCUT2D eigenvalue weighted by Gasteiger charge is -2.26. The number of tetrazole rings is 1. The summed E-state index contributed by atoms with van der Waals surface area (Å²) < 4.78 is 93.8. The van der Waals surface area contributed by atoms with Gasteiger partial charge in [-0.15, -0.1) is 10.2 Å². The number of hydrogen-bond acceptors (Lipinski definition) is 9. The molecule has 0 aliphatic carbocycles. The molecule has 0 atom stereocenters. The Morgan fingerprint density at radius 3 is 2.38 bits per heavy atom. The van der Waals surface area contributed by atoms with E-state index in [4.69, 9.17) is 21.7 Å².